The summed E-state index contributed by atoms with van der Waals surface area (Å²) in [5, 5.41) is 3.63. The summed E-state index contributed by atoms with van der Waals surface area (Å²) in [4.78, 5) is 1.33. The molecular formula is C16H20ClNS. The second-order valence-corrected chi connectivity index (χ2v) is 6.63. The van der Waals surface area contributed by atoms with Crippen molar-refractivity contribution in [3.8, 4) is 0 Å². The Labute approximate surface area is 124 Å². The highest BCUT2D eigenvalue weighted by Gasteiger charge is 2.12. The van der Waals surface area contributed by atoms with Gasteiger partial charge in [-0.2, -0.15) is 0 Å². The number of hydrogen-bond donors (Lipinski definition) is 1. The molecule has 0 saturated carbocycles. The number of hydrogen-bond acceptors (Lipinski definition) is 2. The zero-order chi connectivity index (χ0) is 13.7. The minimum Gasteiger partial charge on any atom is -0.310 e. The van der Waals surface area contributed by atoms with Crippen LogP contribution in [0.25, 0.3) is 0 Å². The summed E-state index contributed by atoms with van der Waals surface area (Å²) in [7, 11) is 0. The molecule has 1 N–H and O–H groups in total. The molecular weight excluding hydrogens is 274 g/mol. The number of nitrogens with one attached hydrogen (secondary N) is 1. The summed E-state index contributed by atoms with van der Waals surface area (Å²) in [5.74, 6) is 0. The van der Waals surface area contributed by atoms with Crippen LogP contribution < -0.4 is 5.32 Å². The molecule has 3 heteroatoms. The lowest BCUT2D eigenvalue weighted by atomic mass is 10.0. The van der Waals surface area contributed by atoms with Crippen LogP contribution >= 0.6 is 22.9 Å². The minimum absolute atomic E-state index is 0.371. The second kappa shape index (κ2) is 7.09. The Kier molecular flexibility index (Phi) is 5.44. The van der Waals surface area contributed by atoms with Gasteiger partial charge in [0.1, 0.15) is 0 Å². The Morgan fingerprint density at radius 2 is 1.89 bits per heavy atom. The fraction of sp³-hybridized carbons (Fsp3) is 0.375. The summed E-state index contributed by atoms with van der Waals surface area (Å²) >= 11 is 7.69. The molecule has 0 aliphatic heterocycles. The molecule has 0 amide bonds. The van der Waals surface area contributed by atoms with Crippen LogP contribution in [0.15, 0.2) is 36.4 Å². The van der Waals surface area contributed by atoms with Crippen molar-refractivity contribution in [3.05, 3.63) is 56.7 Å². The van der Waals surface area contributed by atoms with Crippen LogP contribution in [0.1, 0.15) is 35.4 Å². The van der Waals surface area contributed by atoms with Gasteiger partial charge in [0, 0.05) is 17.3 Å². The van der Waals surface area contributed by atoms with E-state index in [1.54, 1.807) is 11.3 Å². The van der Waals surface area contributed by atoms with Crippen molar-refractivity contribution in [1.82, 2.24) is 5.32 Å². The van der Waals surface area contributed by atoms with Crippen molar-refractivity contribution in [3.63, 3.8) is 0 Å². The topological polar surface area (TPSA) is 12.0 Å². The van der Waals surface area contributed by atoms with Crippen molar-refractivity contribution in [1.29, 1.82) is 0 Å². The average Bonchev–Trinajstić information content (AvgIpc) is 2.81. The molecule has 1 aromatic heterocycles. The van der Waals surface area contributed by atoms with E-state index in [1.165, 1.54) is 16.0 Å². The van der Waals surface area contributed by atoms with E-state index in [9.17, 15) is 0 Å². The number of benzene rings is 1. The first-order valence-corrected chi connectivity index (χ1v) is 7.92. The fourth-order valence-electron chi connectivity index (χ4n) is 2.09. The van der Waals surface area contributed by atoms with Gasteiger partial charge in [-0.3, -0.25) is 0 Å². The van der Waals surface area contributed by atoms with Crippen molar-refractivity contribution in [2.45, 2.75) is 32.7 Å². The summed E-state index contributed by atoms with van der Waals surface area (Å²) in [5.41, 5.74) is 2.65. The van der Waals surface area contributed by atoms with Crippen LogP contribution in [0.2, 0.25) is 4.34 Å². The van der Waals surface area contributed by atoms with Gasteiger partial charge in [0.25, 0.3) is 0 Å². The zero-order valence-electron chi connectivity index (χ0n) is 11.4. The summed E-state index contributed by atoms with van der Waals surface area (Å²) in [6.45, 7) is 5.36. The third kappa shape index (κ3) is 4.34. The fourth-order valence-corrected chi connectivity index (χ4v) is 3.22. The lowest BCUT2D eigenvalue weighted by Gasteiger charge is -2.18. The Bertz CT molecular complexity index is 504. The van der Waals surface area contributed by atoms with Gasteiger partial charge < -0.3 is 5.32 Å². The molecule has 1 atom stereocenters. The molecule has 0 aliphatic carbocycles. The van der Waals surface area contributed by atoms with Gasteiger partial charge >= 0.3 is 0 Å². The largest absolute Gasteiger partial charge is 0.310 e. The van der Waals surface area contributed by atoms with Crippen molar-refractivity contribution < 1.29 is 0 Å². The van der Waals surface area contributed by atoms with Crippen LogP contribution in [0.5, 0.6) is 0 Å². The van der Waals surface area contributed by atoms with Crippen molar-refractivity contribution in [2.24, 2.45) is 0 Å². The SMILES string of the molecule is CCCNC(Cc1ccc(Cl)s1)c1ccc(C)cc1. The molecule has 0 fully saturated rings. The van der Waals surface area contributed by atoms with Crippen LogP contribution in [0.4, 0.5) is 0 Å². The van der Waals surface area contributed by atoms with Gasteiger partial charge in [-0.1, -0.05) is 48.4 Å². The van der Waals surface area contributed by atoms with E-state index in [-0.39, 0.29) is 0 Å². The maximum absolute atomic E-state index is 6.01. The third-order valence-corrected chi connectivity index (χ3v) is 4.41. The number of aryl methyl sites for hydroxylation is 1. The van der Waals surface area contributed by atoms with E-state index in [0.29, 0.717) is 6.04 Å². The van der Waals surface area contributed by atoms with Crippen LogP contribution in [-0.4, -0.2) is 6.54 Å². The molecule has 0 aliphatic rings. The number of halogens is 1. The first kappa shape index (κ1) is 14.6. The molecule has 2 aromatic rings. The lowest BCUT2D eigenvalue weighted by Crippen LogP contribution is -2.23. The molecule has 1 nitrogen and oxygen atoms in total. The number of thiophene rings is 1. The van der Waals surface area contributed by atoms with Crippen molar-refractivity contribution >= 4 is 22.9 Å². The average molecular weight is 294 g/mol. The Morgan fingerprint density at radius 3 is 2.47 bits per heavy atom. The summed E-state index contributed by atoms with van der Waals surface area (Å²) in [6, 6.07) is 13.3. The second-order valence-electron chi connectivity index (χ2n) is 4.83. The van der Waals surface area contributed by atoms with E-state index in [2.05, 4.69) is 49.5 Å². The van der Waals surface area contributed by atoms with E-state index < -0.39 is 0 Å². The highest BCUT2D eigenvalue weighted by Crippen LogP contribution is 2.26. The summed E-state index contributed by atoms with van der Waals surface area (Å²) in [6.07, 6.45) is 2.15. The molecule has 0 bridgehead atoms. The molecule has 0 saturated heterocycles. The highest BCUT2D eigenvalue weighted by molar-refractivity contribution is 7.16. The van der Waals surface area contributed by atoms with Gasteiger partial charge in [0.2, 0.25) is 0 Å². The Hall–Kier alpha value is -0.830. The predicted octanol–water partition coefficient (Wildman–Crippen LogP) is 4.99. The normalized spacial score (nSPS) is 12.6. The first-order chi connectivity index (χ1) is 9.19. The molecule has 0 spiro atoms. The quantitative estimate of drug-likeness (QED) is 0.791. The van der Waals surface area contributed by atoms with Crippen LogP contribution in [0, 0.1) is 6.92 Å². The van der Waals surface area contributed by atoms with E-state index in [4.69, 9.17) is 11.6 Å². The zero-order valence-corrected chi connectivity index (χ0v) is 13.0. The van der Waals surface area contributed by atoms with Gasteiger partial charge in [0.05, 0.1) is 4.34 Å². The van der Waals surface area contributed by atoms with E-state index >= 15 is 0 Å². The molecule has 19 heavy (non-hydrogen) atoms. The molecule has 102 valence electrons. The molecule has 1 unspecified atom stereocenters. The standard InChI is InChI=1S/C16H20ClNS/c1-3-10-18-15(11-14-8-9-16(17)19-14)13-6-4-12(2)5-7-13/h4-9,15,18H,3,10-11H2,1-2H3. The van der Waals surface area contributed by atoms with Crippen LogP contribution in [0.3, 0.4) is 0 Å². The lowest BCUT2D eigenvalue weighted by molar-refractivity contribution is 0.532. The van der Waals surface area contributed by atoms with Crippen LogP contribution in [-0.2, 0) is 6.42 Å². The van der Waals surface area contributed by atoms with Gasteiger partial charge in [-0.25, -0.2) is 0 Å². The molecule has 1 heterocycles. The van der Waals surface area contributed by atoms with Gasteiger partial charge in [0.15, 0.2) is 0 Å². The monoisotopic (exact) mass is 293 g/mol. The molecule has 0 radical (unpaired) electrons. The van der Waals surface area contributed by atoms with E-state index in [0.717, 1.165) is 23.7 Å². The smallest absolute Gasteiger partial charge is 0.0931 e. The summed E-state index contributed by atoms with van der Waals surface area (Å²) < 4.78 is 0.869. The Morgan fingerprint density at radius 1 is 1.16 bits per heavy atom. The third-order valence-electron chi connectivity index (χ3n) is 3.15. The maximum atomic E-state index is 6.01. The highest BCUT2D eigenvalue weighted by atomic mass is 35.5. The Balaban J connectivity index is 2.13. The minimum atomic E-state index is 0.371. The molecule has 1 aromatic carbocycles. The first-order valence-electron chi connectivity index (χ1n) is 6.73. The van der Waals surface area contributed by atoms with Gasteiger partial charge in [-0.15, -0.1) is 11.3 Å². The number of rotatable bonds is 6. The van der Waals surface area contributed by atoms with Crippen molar-refractivity contribution in [2.75, 3.05) is 6.54 Å². The van der Waals surface area contributed by atoms with E-state index in [1.807, 2.05) is 6.07 Å². The molecule has 2 rings (SSSR count). The maximum Gasteiger partial charge on any atom is 0.0931 e. The predicted molar refractivity (Wildman–Crippen MR) is 85.2 cm³/mol. The van der Waals surface area contributed by atoms with Gasteiger partial charge in [-0.05, 0) is 37.6 Å².